The minimum Gasteiger partial charge on any atom is -0.379 e. The van der Waals surface area contributed by atoms with Crippen molar-refractivity contribution in [2.45, 2.75) is 18.8 Å². The van der Waals surface area contributed by atoms with Crippen molar-refractivity contribution in [1.29, 1.82) is 0 Å². The first-order valence-corrected chi connectivity index (χ1v) is 4.09. The molecule has 1 atom stereocenters. The molecule has 0 saturated heterocycles. The summed E-state index contributed by atoms with van der Waals surface area (Å²) >= 11 is 0. The fourth-order valence-electron chi connectivity index (χ4n) is 1.18. The number of aliphatic hydroxyl groups is 1. The van der Waals surface area contributed by atoms with Crippen LogP contribution in [0.5, 0.6) is 0 Å². The Morgan fingerprint density at radius 1 is 1.33 bits per heavy atom. The Hall–Kier alpha value is -1.14. The van der Waals surface area contributed by atoms with E-state index in [1.165, 1.54) is 0 Å². The Balaban J connectivity index is 3.17. The summed E-state index contributed by atoms with van der Waals surface area (Å²) < 4.78 is 49.2. The van der Waals surface area contributed by atoms with Crippen molar-refractivity contribution in [3.63, 3.8) is 0 Å². The van der Waals surface area contributed by atoms with Gasteiger partial charge in [-0.1, -0.05) is 6.07 Å². The van der Waals surface area contributed by atoms with Gasteiger partial charge in [0.05, 0.1) is 0 Å². The summed E-state index contributed by atoms with van der Waals surface area (Å²) in [4.78, 5) is 0. The second-order valence-electron chi connectivity index (χ2n) is 2.99. The molecule has 1 aromatic rings. The lowest BCUT2D eigenvalue weighted by atomic mass is 10.0. The Kier molecular flexibility index (Phi) is 3.31. The van der Waals surface area contributed by atoms with Gasteiger partial charge in [-0.25, -0.2) is 4.39 Å². The van der Waals surface area contributed by atoms with Crippen LogP contribution in [0, 0.1) is 5.82 Å². The Morgan fingerprint density at radius 2 is 1.93 bits per heavy atom. The minimum absolute atomic E-state index is 0.0706. The predicted molar refractivity (Wildman–Crippen MR) is 45.3 cm³/mol. The third-order valence-corrected chi connectivity index (χ3v) is 1.93. The summed E-state index contributed by atoms with van der Waals surface area (Å²) in [6.07, 6.45) is -7.52. The number of nitrogens with two attached hydrogens (primary N) is 1. The van der Waals surface area contributed by atoms with Crippen molar-refractivity contribution >= 4 is 0 Å². The molecule has 1 unspecified atom stereocenters. The van der Waals surface area contributed by atoms with Gasteiger partial charge in [0.1, 0.15) is 5.82 Å². The maximum atomic E-state index is 12.7. The summed E-state index contributed by atoms with van der Waals surface area (Å²) in [6, 6.07) is 2.76. The number of hydrogen-bond acceptors (Lipinski definition) is 2. The maximum Gasteiger partial charge on any atom is 0.418 e. The predicted octanol–water partition coefficient (Wildman–Crippen LogP) is 1.88. The van der Waals surface area contributed by atoms with Gasteiger partial charge in [0, 0.05) is 6.54 Å². The van der Waals surface area contributed by atoms with E-state index < -0.39 is 23.7 Å². The summed E-state index contributed by atoms with van der Waals surface area (Å²) in [5, 5.41) is 8.95. The summed E-state index contributed by atoms with van der Waals surface area (Å²) in [5.41, 5.74) is 4.71. The molecule has 15 heavy (non-hydrogen) atoms. The van der Waals surface area contributed by atoms with E-state index in [1.807, 2.05) is 0 Å². The van der Waals surface area contributed by atoms with E-state index in [1.54, 1.807) is 0 Å². The molecule has 2 nitrogen and oxygen atoms in total. The molecule has 0 aromatic heterocycles. The average molecular weight is 223 g/mol. The Bertz CT molecular complexity index is 350. The third kappa shape index (κ3) is 2.66. The van der Waals surface area contributed by atoms with E-state index in [0.717, 1.165) is 12.1 Å². The van der Waals surface area contributed by atoms with Gasteiger partial charge < -0.3 is 10.8 Å². The van der Waals surface area contributed by atoms with Gasteiger partial charge in [-0.3, -0.25) is 0 Å². The zero-order valence-electron chi connectivity index (χ0n) is 7.55. The van der Waals surface area contributed by atoms with Crippen molar-refractivity contribution in [2.24, 2.45) is 5.73 Å². The highest BCUT2D eigenvalue weighted by molar-refractivity contribution is 5.30. The van der Waals surface area contributed by atoms with Gasteiger partial charge in [0.25, 0.3) is 0 Å². The zero-order chi connectivity index (χ0) is 11.6. The van der Waals surface area contributed by atoms with E-state index in [4.69, 9.17) is 10.8 Å². The molecule has 0 aliphatic carbocycles. The van der Waals surface area contributed by atoms with Crippen LogP contribution in [0.15, 0.2) is 18.2 Å². The molecular formula is C9H9F4NO. The summed E-state index contributed by atoms with van der Waals surface area (Å²) in [7, 11) is 0. The van der Waals surface area contributed by atoms with Crippen molar-refractivity contribution in [2.75, 3.05) is 0 Å². The van der Waals surface area contributed by atoms with Crippen molar-refractivity contribution in [1.82, 2.24) is 0 Å². The van der Waals surface area contributed by atoms with Crippen LogP contribution in [0.1, 0.15) is 17.2 Å². The van der Waals surface area contributed by atoms with Crippen LogP contribution < -0.4 is 5.73 Å². The highest BCUT2D eigenvalue weighted by atomic mass is 19.4. The molecule has 0 radical (unpaired) electrons. The normalized spacial score (nSPS) is 14.0. The topological polar surface area (TPSA) is 46.2 Å². The highest BCUT2D eigenvalue weighted by Gasteiger charge is 2.40. The number of hydrogen-bond donors (Lipinski definition) is 2. The van der Waals surface area contributed by atoms with E-state index in [0.29, 0.717) is 6.07 Å². The van der Waals surface area contributed by atoms with Crippen LogP contribution in [0.25, 0.3) is 0 Å². The largest absolute Gasteiger partial charge is 0.418 e. The monoisotopic (exact) mass is 223 g/mol. The van der Waals surface area contributed by atoms with E-state index >= 15 is 0 Å². The molecule has 1 rings (SSSR count). The first-order valence-electron chi connectivity index (χ1n) is 4.09. The molecule has 84 valence electrons. The lowest BCUT2D eigenvalue weighted by molar-refractivity contribution is -0.207. The van der Waals surface area contributed by atoms with Crippen molar-refractivity contribution in [3.05, 3.63) is 35.1 Å². The standard InChI is InChI=1S/C9H9F4NO/c10-6-2-1-5(4-14)7(3-6)8(15)9(11,12)13/h1-3,8,15H,4,14H2. The summed E-state index contributed by atoms with van der Waals surface area (Å²) in [6.45, 7) is -0.192. The van der Waals surface area contributed by atoms with Gasteiger partial charge >= 0.3 is 6.18 Å². The molecule has 0 spiro atoms. The average Bonchev–Trinajstić information content (AvgIpc) is 2.15. The fourth-order valence-corrected chi connectivity index (χ4v) is 1.18. The third-order valence-electron chi connectivity index (χ3n) is 1.93. The van der Waals surface area contributed by atoms with E-state index in [-0.39, 0.29) is 12.1 Å². The lowest BCUT2D eigenvalue weighted by Crippen LogP contribution is -2.22. The van der Waals surface area contributed by atoms with Crippen LogP contribution in [-0.2, 0) is 6.54 Å². The minimum atomic E-state index is -4.82. The van der Waals surface area contributed by atoms with Gasteiger partial charge in [-0.15, -0.1) is 0 Å². The van der Waals surface area contributed by atoms with Gasteiger partial charge in [-0.2, -0.15) is 13.2 Å². The van der Waals surface area contributed by atoms with E-state index in [9.17, 15) is 17.6 Å². The van der Waals surface area contributed by atoms with Crippen LogP contribution in [-0.4, -0.2) is 11.3 Å². The van der Waals surface area contributed by atoms with Gasteiger partial charge in [-0.05, 0) is 23.3 Å². The molecule has 0 heterocycles. The molecule has 0 aliphatic rings. The van der Waals surface area contributed by atoms with Crippen molar-refractivity contribution < 1.29 is 22.7 Å². The first-order chi connectivity index (χ1) is 6.86. The second kappa shape index (κ2) is 4.16. The van der Waals surface area contributed by atoms with Crippen LogP contribution in [0.4, 0.5) is 17.6 Å². The maximum absolute atomic E-state index is 12.7. The molecule has 0 bridgehead atoms. The number of halogens is 4. The molecular weight excluding hydrogens is 214 g/mol. The molecule has 0 fully saturated rings. The molecule has 0 saturated carbocycles. The summed E-state index contributed by atoms with van der Waals surface area (Å²) in [5.74, 6) is -0.842. The van der Waals surface area contributed by atoms with E-state index in [2.05, 4.69) is 0 Å². The van der Waals surface area contributed by atoms with Crippen LogP contribution >= 0.6 is 0 Å². The lowest BCUT2D eigenvalue weighted by Gasteiger charge is -2.17. The molecule has 1 aromatic carbocycles. The van der Waals surface area contributed by atoms with Crippen LogP contribution in [0.2, 0.25) is 0 Å². The Labute approximate surface area is 83.3 Å². The molecule has 3 N–H and O–H groups in total. The Morgan fingerprint density at radius 3 is 2.40 bits per heavy atom. The highest BCUT2D eigenvalue weighted by Crippen LogP contribution is 2.34. The smallest absolute Gasteiger partial charge is 0.379 e. The molecule has 0 amide bonds. The number of benzene rings is 1. The zero-order valence-corrected chi connectivity index (χ0v) is 7.55. The number of alkyl halides is 3. The van der Waals surface area contributed by atoms with Gasteiger partial charge in [0.2, 0.25) is 0 Å². The fraction of sp³-hybridized carbons (Fsp3) is 0.333. The SMILES string of the molecule is NCc1ccc(F)cc1C(O)C(F)(F)F. The second-order valence-corrected chi connectivity index (χ2v) is 2.99. The first kappa shape index (κ1) is 11.9. The molecule has 0 aliphatic heterocycles. The van der Waals surface area contributed by atoms with Gasteiger partial charge in [0.15, 0.2) is 6.10 Å². The van der Waals surface area contributed by atoms with Crippen LogP contribution in [0.3, 0.4) is 0 Å². The number of rotatable bonds is 2. The quantitative estimate of drug-likeness (QED) is 0.752. The molecule has 6 heteroatoms. The number of aliphatic hydroxyl groups excluding tert-OH is 1. The van der Waals surface area contributed by atoms with Crippen molar-refractivity contribution in [3.8, 4) is 0 Å².